The summed E-state index contributed by atoms with van der Waals surface area (Å²) in [5.74, 6) is 2.42. The Balaban J connectivity index is 0.00000243. The maximum absolute atomic E-state index is 6.09. The van der Waals surface area contributed by atoms with Crippen molar-refractivity contribution in [3.05, 3.63) is 53.6 Å². The van der Waals surface area contributed by atoms with Crippen LogP contribution in [0.15, 0.2) is 47.5 Å². The monoisotopic (exact) mass is 467 g/mol. The first kappa shape index (κ1) is 20.4. The lowest BCUT2D eigenvalue weighted by molar-refractivity contribution is 0.352. The van der Waals surface area contributed by atoms with Gasteiger partial charge in [0, 0.05) is 6.07 Å². The molecule has 1 aliphatic rings. The molecule has 0 bridgehead atoms. The zero-order valence-corrected chi connectivity index (χ0v) is 17.7. The van der Waals surface area contributed by atoms with Gasteiger partial charge in [-0.25, -0.2) is 4.99 Å². The molecule has 0 aromatic heterocycles. The molecule has 1 fully saturated rings. The second kappa shape index (κ2) is 9.12. The van der Waals surface area contributed by atoms with Crippen molar-refractivity contribution in [1.29, 1.82) is 0 Å². The first-order chi connectivity index (χ1) is 12.1. The minimum absolute atomic E-state index is 0. The van der Waals surface area contributed by atoms with Gasteiger partial charge in [0.2, 0.25) is 0 Å². The molecule has 3 rings (SSSR count). The van der Waals surface area contributed by atoms with Crippen LogP contribution in [0.4, 0.5) is 5.69 Å². The second-order valence-corrected chi connectivity index (χ2v) is 6.38. The number of nitrogens with two attached hydrogens (primary N) is 1. The van der Waals surface area contributed by atoms with Crippen molar-refractivity contribution >= 4 is 35.6 Å². The Labute approximate surface area is 172 Å². The Bertz CT molecular complexity index is 773. The zero-order chi connectivity index (χ0) is 17.8. The van der Waals surface area contributed by atoms with Crippen LogP contribution in [0, 0.1) is 6.92 Å². The van der Waals surface area contributed by atoms with Crippen LogP contribution in [0.25, 0.3) is 0 Å². The molecule has 0 heterocycles. The summed E-state index contributed by atoms with van der Waals surface area (Å²) < 4.78 is 10.6. The van der Waals surface area contributed by atoms with Crippen molar-refractivity contribution < 1.29 is 9.47 Å². The highest BCUT2D eigenvalue weighted by Gasteiger charge is 2.31. The number of hydrogen-bond acceptors (Lipinski definition) is 3. The minimum atomic E-state index is 0. The molecule has 0 aliphatic heterocycles. The number of rotatable bonds is 5. The molecule has 0 atom stereocenters. The van der Waals surface area contributed by atoms with E-state index in [0.29, 0.717) is 17.6 Å². The van der Waals surface area contributed by atoms with Crippen molar-refractivity contribution in [2.24, 2.45) is 10.7 Å². The fourth-order valence-electron chi connectivity index (χ4n) is 3.27. The van der Waals surface area contributed by atoms with Crippen molar-refractivity contribution in [2.75, 3.05) is 19.5 Å². The molecule has 5 nitrogen and oxygen atoms in total. The molecule has 2 aromatic rings. The first-order valence-electron chi connectivity index (χ1n) is 8.48. The summed E-state index contributed by atoms with van der Waals surface area (Å²) in [6, 6.07) is 14.3. The molecule has 2 aromatic carbocycles. The standard InChI is InChI=1S/C20H25N3O2.HI/c1-13-6-4-5-7-17(13)14-10-15(11-14)22-20(21)23-18-12-16(24-2)8-9-19(18)25-3;/h4-9,12,14-15H,10-11H2,1-3H3,(H3,21,22,23);1H. The number of nitrogens with one attached hydrogen (secondary N) is 1. The predicted octanol–water partition coefficient (Wildman–Crippen LogP) is 4.30. The number of anilines is 1. The lowest BCUT2D eigenvalue weighted by Crippen LogP contribution is -2.31. The Kier molecular flexibility index (Phi) is 7.14. The Morgan fingerprint density at radius 1 is 1.12 bits per heavy atom. The van der Waals surface area contributed by atoms with Crippen LogP contribution in [-0.2, 0) is 0 Å². The third-order valence-electron chi connectivity index (χ3n) is 4.73. The van der Waals surface area contributed by atoms with Gasteiger partial charge in [-0.05, 0) is 48.9 Å². The largest absolute Gasteiger partial charge is 0.497 e. The summed E-state index contributed by atoms with van der Waals surface area (Å²) in [6.45, 7) is 2.16. The lowest BCUT2D eigenvalue weighted by Gasteiger charge is -2.34. The van der Waals surface area contributed by atoms with Crippen LogP contribution in [-0.4, -0.2) is 26.2 Å². The highest BCUT2D eigenvalue weighted by molar-refractivity contribution is 14.0. The summed E-state index contributed by atoms with van der Waals surface area (Å²) in [4.78, 5) is 4.60. The summed E-state index contributed by atoms with van der Waals surface area (Å²) >= 11 is 0. The lowest BCUT2D eigenvalue weighted by atomic mass is 9.75. The molecular formula is C20H26IN3O2. The Morgan fingerprint density at radius 2 is 1.85 bits per heavy atom. The number of nitrogens with zero attached hydrogens (tertiary/aromatic N) is 1. The SMILES string of the molecule is COc1ccc(OC)c(NC(N)=NC2CC(c3ccccc3C)C2)c1.I. The van der Waals surface area contributed by atoms with Crippen LogP contribution in [0.2, 0.25) is 0 Å². The number of methoxy groups -OCH3 is 2. The van der Waals surface area contributed by atoms with Crippen molar-refractivity contribution in [1.82, 2.24) is 0 Å². The summed E-state index contributed by atoms with van der Waals surface area (Å²) in [7, 11) is 3.25. The van der Waals surface area contributed by atoms with Gasteiger partial charge in [-0.2, -0.15) is 0 Å². The maximum atomic E-state index is 6.09. The first-order valence-corrected chi connectivity index (χ1v) is 8.48. The van der Waals surface area contributed by atoms with Gasteiger partial charge in [0.15, 0.2) is 5.96 Å². The third-order valence-corrected chi connectivity index (χ3v) is 4.73. The number of guanidine groups is 1. The molecular weight excluding hydrogens is 441 g/mol. The number of aliphatic imine (C=N–C) groups is 1. The van der Waals surface area contributed by atoms with E-state index >= 15 is 0 Å². The van der Waals surface area contributed by atoms with E-state index in [1.165, 1.54) is 11.1 Å². The third kappa shape index (κ3) is 4.60. The average molecular weight is 467 g/mol. The molecule has 1 aliphatic carbocycles. The molecule has 0 amide bonds. The van der Waals surface area contributed by atoms with E-state index in [-0.39, 0.29) is 30.0 Å². The Morgan fingerprint density at radius 3 is 2.50 bits per heavy atom. The molecule has 1 saturated carbocycles. The number of benzene rings is 2. The average Bonchev–Trinajstić information content (AvgIpc) is 2.58. The fourth-order valence-corrected chi connectivity index (χ4v) is 3.27. The van der Waals surface area contributed by atoms with Crippen molar-refractivity contribution in [2.45, 2.75) is 31.7 Å². The van der Waals surface area contributed by atoms with Gasteiger partial charge in [-0.15, -0.1) is 24.0 Å². The predicted molar refractivity (Wildman–Crippen MR) is 117 cm³/mol. The van der Waals surface area contributed by atoms with E-state index in [0.717, 1.165) is 24.3 Å². The molecule has 6 heteroatoms. The molecule has 0 radical (unpaired) electrons. The normalized spacial score (nSPS) is 19.1. The summed E-state index contributed by atoms with van der Waals surface area (Å²) in [6.07, 6.45) is 2.06. The number of hydrogen-bond donors (Lipinski definition) is 2. The van der Waals surface area contributed by atoms with Crippen LogP contribution in [0.3, 0.4) is 0 Å². The van der Waals surface area contributed by atoms with Gasteiger partial charge in [-0.1, -0.05) is 24.3 Å². The molecule has 140 valence electrons. The van der Waals surface area contributed by atoms with Crippen LogP contribution in [0.5, 0.6) is 11.5 Å². The van der Waals surface area contributed by atoms with E-state index in [2.05, 4.69) is 41.5 Å². The van der Waals surface area contributed by atoms with Crippen molar-refractivity contribution in [3.8, 4) is 11.5 Å². The minimum Gasteiger partial charge on any atom is -0.497 e. The van der Waals surface area contributed by atoms with Gasteiger partial charge < -0.3 is 20.5 Å². The smallest absolute Gasteiger partial charge is 0.193 e. The van der Waals surface area contributed by atoms with Crippen LogP contribution >= 0.6 is 24.0 Å². The number of ether oxygens (including phenoxy) is 2. The highest BCUT2D eigenvalue weighted by atomic mass is 127. The van der Waals surface area contributed by atoms with Gasteiger partial charge in [-0.3, -0.25) is 0 Å². The van der Waals surface area contributed by atoms with E-state index < -0.39 is 0 Å². The van der Waals surface area contributed by atoms with E-state index in [9.17, 15) is 0 Å². The molecule has 0 unspecified atom stereocenters. The summed E-state index contributed by atoms with van der Waals surface area (Å²) in [5.41, 5.74) is 9.61. The summed E-state index contributed by atoms with van der Waals surface area (Å²) in [5, 5.41) is 3.12. The van der Waals surface area contributed by atoms with E-state index in [4.69, 9.17) is 15.2 Å². The fraction of sp³-hybridized carbons (Fsp3) is 0.350. The van der Waals surface area contributed by atoms with Crippen LogP contribution < -0.4 is 20.5 Å². The molecule has 26 heavy (non-hydrogen) atoms. The van der Waals surface area contributed by atoms with Crippen LogP contribution in [0.1, 0.15) is 29.9 Å². The number of halogens is 1. The van der Waals surface area contributed by atoms with Gasteiger partial charge in [0.05, 0.1) is 25.9 Å². The molecule has 3 N–H and O–H groups in total. The highest BCUT2D eigenvalue weighted by Crippen LogP contribution is 2.40. The van der Waals surface area contributed by atoms with E-state index in [1.54, 1.807) is 14.2 Å². The van der Waals surface area contributed by atoms with E-state index in [1.807, 2.05) is 18.2 Å². The van der Waals surface area contributed by atoms with Gasteiger partial charge in [0.1, 0.15) is 11.5 Å². The zero-order valence-electron chi connectivity index (χ0n) is 15.4. The van der Waals surface area contributed by atoms with Gasteiger partial charge in [0.25, 0.3) is 0 Å². The Hall–Kier alpha value is -1.96. The molecule has 0 spiro atoms. The number of aryl methyl sites for hydroxylation is 1. The molecule has 0 saturated heterocycles. The van der Waals surface area contributed by atoms with Crippen molar-refractivity contribution in [3.63, 3.8) is 0 Å². The topological polar surface area (TPSA) is 68.9 Å². The second-order valence-electron chi connectivity index (χ2n) is 6.38. The maximum Gasteiger partial charge on any atom is 0.193 e. The van der Waals surface area contributed by atoms with Gasteiger partial charge >= 0.3 is 0 Å². The quantitative estimate of drug-likeness (QED) is 0.391.